The predicted molar refractivity (Wildman–Crippen MR) is 93.2 cm³/mol. The van der Waals surface area contributed by atoms with E-state index in [0.717, 1.165) is 17.1 Å². The number of carbonyl (C=O) groups is 1. The number of thioether (sulfide) groups is 1. The number of hydrogen-bond donors (Lipinski definition) is 0. The third-order valence-electron chi connectivity index (χ3n) is 3.86. The van der Waals surface area contributed by atoms with Crippen LogP contribution in [0.5, 0.6) is 5.75 Å². The van der Waals surface area contributed by atoms with E-state index < -0.39 is 34.7 Å². The molecule has 0 aromatic heterocycles. The van der Waals surface area contributed by atoms with Gasteiger partial charge in [0.05, 0.1) is 12.7 Å². The van der Waals surface area contributed by atoms with Crippen molar-refractivity contribution in [3.63, 3.8) is 0 Å². The Hall–Kier alpha value is -1.67. The molecule has 1 heterocycles. The van der Waals surface area contributed by atoms with E-state index in [1.807, 2.05) is 24.3 Å². The first-order valence-electron chi connectivity index (χ1n) is 7.33. The Kier molecular flexibility index (Phi) is 5.29. The fraction of sp³-hybridized carbons (Fsp3) is 0.235. The number of hydrogen-bond acceptors (Lipinski definition) is 3. The zero-order chi connectivity index (χ0) is 18.1. The third-order valence-corrected chi connectivity index (χ3v) is 5.65. The standard InChI is InChI=1S/C17H13BrF3NO2S/c1-24-15-13(20)11(8-12(19)14(15)21)16(23)22-6-7-25-17(22)9-2-4-10(18)5-3-9/h2-5,8,17H,6-7H2,1H3. The minimum atomic E-state index is -1.45. The van der Waals surface area contributed by atoms with Crippen molar-refractivity contribution in [1.29, 1.82) is 0 Å². The molecule has 0 radical (unpaired) electrons. The average Bonchev–Trinajstić information content (AvgIpc) is 3.08. The minimum Gasteiger partial charge on any atom is -0.491 e. The Morgan fingerprint density at radius 3 is 2.56 bits per heavy atom. The molecule has 3 rings (SSSR count). The normalized spacial score (nSPS) is 17.0. The second-order valence-corrected chi connectivity index (χ2v) is 7.44. The van der Waals surface area contributed by atoms with E-state index in [2.05, 4.69) is 20.7 Å². The van der Waals surface area contributed by atoms with Gasteiger partial charge in [-0.3, -0.25) is 4.79 Å². The lowest BCUT2D eigenvalue weighted by Crippen LogP contribution is -2.31. The quantitative estimate of drug-likeness (QED) is 0.655. The maximum Gasteiger partial charge on any atom is 0.258 e. The molecule has 3 nitrogen and oxygen atoms in total. The zero-order valence-electron chi connectivity index (χ0n) is 13.1. The van der Waals surface area contributed by atoms with Crippen LogP contribution in [0.2, 0.25) is 0 Å². The van der Waals surface area contributed by atoms with Crippen molar-refractivity contribution in [3.8, 4) is 5.75 Å². The van der Waals surface area contributed by atoms with Crippen molar-refractivity contribution < 1.29 is 22.7 Å². The number of benzene rings is 2. The summed E-state index contributed by atoms with van der Waals surface area (Å²) in [6, 6.07) is 7.98. The highest BCUT2D eigenvalue weighted by Gasteiger charge is 2.34. The van der Waals surface area contributed by atoms with E-state index in [4.69, 9.17) is 0 Å². The van der Waals surface area contributed by atoms with Crippen molar-refractivity contribution >= 4 is 33.6 Å². The van der Waals surface area contributed by atoms with E-state index in [1.54, 1.807) is 0 Å². The summed E-state index contributed by atoms with van der Waals surface area (Å²) in [5, 5.41) is -0.320. The molecular weight excluding hydrogens is 419 g/mol. The van der Waals surface area contributed by atoms with Crippen molar-refractivity contribution in [2.24, 2.45) is 0 Å². The van der Waals surface area contributed by atoms with Crippen LogP contribution < -0.4 is 4.74 Å². The van der Waals surface area contributed by atoms with Crippen LogP contribution in [-0.4, -0.2) is 30.2 Å². The zero-order valence-corrected chi connectivity index (χ0v) is 15.5. The van der Waals surface area contributed by atoms with Crippen LogP contribution in [0, 0.1) is 17.5 Å². The summed E-state index contributed by atoms with van der Waals surface area (Å²) in [5.41, 5.74) is 0.328. The summed E-state index contributed by atoms with van der Waals surface area (Å²) in [7, 11) is 1.02. The highest BCUT2D eigenvalue weighted by Crippen LogP contribution is 2.40. The topological polar surface area (TPSA) is 29.5 Å². The Morgan fingerprint density at radius 2 is 1.92 bits per heavy atom. The van der Waals surface area contributed by atoms with Gasteiger partial charge in [0.15, 0.2) is 17.4 Å². The van der Waals surface area contributed by atoms with Crippen LogP contribution in [0.3, 0.4) is 0 Å². The molecule has 0 saturated carbocycles. The first kappa shape index (κ1) is 18.1. The molecule has 132 valence electrons. The van der Waals surface area contributed by atoms with Crippen molar-refractivity contribution in [1.82, 2.24) is 4.90 Å². The molecule has 2 aromatic rings. The third kappa shape index (κ3) is 3.37. The summed E-state index contributed by atoms with van der Waals surface area (Å²) in [4.78, 5) is 14.2. The molecule has 25 heavy (non-hydrogen) atoms. The maximum atomic E-state index is 14.4. The second-order valence-electron chi connectivity index (χ2n) is 5.34. The van der Waals surface area contributed by atoms with Crippen LogP contribution in [0.1, 0.15) is 21.3 Å². The molecule has 1 atom stereocenters. The number of nitrogens with zero attached hydrogens (tertiary/aromatic N) is 1. The lowest BCUT2D eigenvalue weighted by Gasteiger charge is -2.24. The summed E-state index contributed by atoms with van der Waals surface area (Å²) in [6.45, 7) is 0.380. The van der Waals surface area contributed by atoms with Gasteiger partial charge in [-0.1, -0.05) is 28.1 Å². The van der Waals surface area contributed by atoms with Gasteiger partial charge in [-0.15, -0.1) is 11.8 Å². The molecule has 0 aliphatic carbocycles. The van der Waals surface area contributed by atoms with Gasteiger partial charge >= 0.3 is 0 Å². The largest absolute Gasteiger partial charge is 0.491 e. The molecular formula is C17H13BrF3NO2S. The fourth-order valence-electron chi connectivity index (χ4n) is 2.65. The summed E-state index contributed by atoms with van der Waals surface area (Å²) >= 11 is 4.87. The number of carbonyl (C=O) groups excluding carboxylic acids is 1. The van der Waals surface area contributed by atoms with Crippen molar-refractivity contribution in [2.45, 2.75) is 5.37 Å². The molecule has 1 aliphatic rings. The molecule has 0 bridgehead atoms. The predicted octanol–water partition coefficient (Wildman–Crippen LogP) is 4.76. The van der Waals surface area contributed by atoms with Gasteiger partial charge in [0.1, 0.15) is 5.37 Å². The molecule has 0 N–H and O–H groups in total. The molecule has 1 unspecified atom stereocenters. The smallest absolute Gasteiger partial charge is 0.258 e. The monoisotopic (exact) mass is 431 g/mol. The van der Waals surface area contributed by atoms with E-state index in [0.29, 0.717) is 18.4 Å². The summed E-state index contributed by atoms with van der Waals surface area (Å²) in [5.74, 6) is -4.90. The first-order valence-corrected chi connectivity index (χ1v) is 9.17. The number of methoxy groups -OCH3 is 1. The number of rotatable bonds is 3. The summed E-state index contributed by atoms with van der Waals surface area (Å²) < 4.78 is 47.2. The molecule has 1 aliphatic heterocycles. The van der Waals surface area contributed by atoms with Crippen LogP contribution >= 0.6 is 27.7 Å². The van der Waals surface area contributed by atoms with Crippen LogP contribution in [0.25, 0.3) is 0 Å². The second kappa shape index (κ2) is 7.29. The molecule has 1 fully saturated rings. The maximum absolute atomic E-state index is 14.4. The Bertz CT molecular complexity index is 817. The van der Waals surface area contributed by atoms with Gasteiger partial charge in [0.2, 0.25) is 5.82 Å². The van der Waals surface area contributed by atoms with Crippen LogP contribution in [0.4, 0.5) is 13.2 Å². The number of ether oxygens (including phenoxy) is 1. The van der Waals surface area contributed by atoms with Crippen molar-refractivity contribution in [3.05, 3.63) is 63.4 Å². The Morgan fingerprint density at radius 1 is 1.24 bits per heavy atom. The number of halogens is 4. The van der Waals surface area contributed by atoms with E-state index >= 15 is 0 Å². The van der Waals surface area contributed by atoms with Crippen molar-refractivity contribution in [2.75, 3.05) is 19.4 Å². The van der Waals surface area contributed by atoms with Gasteiger partial charge in [-0.2, -0.15) is 4.39 Å². The Balaban J connectivity index is 1.97. The Labute approximate surface area is 155 Å². The molecule has 1 amide bonds. The van der Waals surface area contributed by atoms with E-state index in [1.165, 1.54) is 16.7 Å². The molecule has 1 saturated heterocycles. The van der Waals surface area contributed by atoms with Crippen LogP contribution in [-0.2, 0) is 0 Å². The SMILES string of the molecule is COc1c(F)c(F)cc(C(=O)N2CCSC2c2ccc(Br)cc2)c1F. The van der Waals surface area contributed by atoms with E-state index in [-0.39, 0.29) is 5.37 Å². The van der Waals surface area contributed by atoms with Gasteiger partial charge < -0.3 is 9.64 Å². The lowest BCUT2D eigenvalue weighted by molar-refractivity contribution is 0.0753. The van der Waals surface area contributed by atoms with Gasteiger partial charge in [-0.25, -0.2) is 8.78 Å². The fourth-order valence-corrected chi connectivity index (χ4v) is 4.17. The highest BCUT2D eigenvalue weighted by atomic mass is 79.9. The summed E-state index contributed by atoms with van der Waals surface area (Å²) in [6.07, 6.45) is 0. The average molecular weight is 432 g/mol. The van der Waals surface area contributed by atoms with Gasteiger partial charge in [0, 0.05) is 16.8 Å². The lowest BCUT2D eigenvalue weighted by atomic mass is 10.1. The van der Waals surface area contributed by atoms with Gasteiger partial charge in [0.25, 0.3) is 5.91 Å². The molecule has 8 heteroatoms. The molecule has 0 spiro atoms. The van der Waals surface area contributed by atoms with Gasteiger partial charge in [-0.05, 0) is 23.8 Å². The first-order chi connectivity index (χ1) is 11.9. The van der Waals surface area contributed by atoms with E-state index in [9.17, 15) is 18.0 Å². The van der Waals surface area contributed by atoms with Crippen LogP contribution in [0.15, 0.2) is 34.8 Å². The minimum absolute atomic E-state index is 0.320. The number of amides is 1. The highest BCUT2D eigenvalue weighted by molar-refractivity contribution is 9.10. The molecule has 2 aromatic carbocycles.